The van der Waals surface area contributed by atoms with Crippen molar-refractivity contribution in [1.82, 2.24) is 5.32 Å². The number of anilines is 2. The second-order valence-corrected chi connectivity index (χ2v) is 8.83. The Labute approximate surface area is 185 Å². The summed E-state index contributed by atoms with van der Waals surface area (Å²) < 4.78 is 12.3. The van der Waals surface area contributed by atoms with Crippen molar-refractivity contribution < 1.29 is 14.4 Å². The van der Waals surface area contributed by atoms with Crippen LogP contribution in [0.15, 0.2) is 46.2 Å². The van der Waals surface area contributed by atoms with Crippen molar-refractivity contribution in [3.8, 4) is 5.75 Å². The lowest BCUT2D eigenvalue weighted by Crippen LogP contribution is -2.43. The lowest BCUT2D eigenvalue weighted by atomic mass is 9.91. The Hall–Kier alpha value is -2.00. The summed E-state index contributed by atoms with van der Waals surface area (Å²) in [4.78, 5) is 12.5. The van der Waals surface area contributed by atoms with Crippen molar-refractivity contribution in [1.29, 1.82) is 0 Å². The SMILES string of the molecule is Cl.O=[N+]([O-])c1ccc2c(c1)Sc1cc(OC3CC(OC4CCNCC4)C3)ccc1N2. The molecule has 1 aliphatic carbocycles. The molecule has 2 aliphatic heterocycles. The number of nitrogens with zero attached hydrogens (tertiary/aromatic N) is 1. The van der Waals surface area contributed by atoms with Gasteiger partial charge in [-0.05, 0) is 50.2 Å². The summed E-state index contributed by atoms with van der Waals surface area (Å²) in [7, 11) is 0. The van der Waals surface area contributed by atoms with Gasteiger partial charge in [0.1, 0.15) is 11.9 Å². The minimum Gasteiger partial charge on any atom is -0.490 e. The van der Waals surface area contributed by atoms with E-state index in [4.69, 9.17) is 9.47 Å². The fourth-order valence-electron chi connectivity index (χ4n) is 3.96. The Morgan fingerprint density at radius 3 is 2.40 bits per heavy atom. The first-order chi connectivity index (χ1) is 14.1. The van der Waals surface area contributed by atoms with Gasteiger partial charge >= 0.3 is 0 Å². The van der Waals surface area contributed by atoms with Crippen LogP contribution < -0.4 is 15.4 Å². The van der Waals surface area contributed by atoms with E-state index in [9.17, 15) is 10.1 Å². The fraction of sp³-hybridized carbons (Fsp3) is 0.429. The summed E-state index contributed by atoms with van der Waals surface area (Å²) in [6.07, 6.45) is 4.94. The highest BCUT2D eigenvalue weighted by molar-refractivity contribution is 7.99. The van der Waals surface area contributed by atoms with Gasteiger partial charge in [-0.1, -0.05) is 11.8 Å². The second kappa shape index (κ2) is 9.01. The van der Waals surface area contributed by atoms with Crippen molar-refractivity contribution >= 4 is 41.2 Å². The van der Waals surface area contributed by atoms with Gasteiger partial charge in [-0.2, -0.15) is 0 Å². The normalized spacial score (nSPS) is 22.5. The van der Waals surface area contributed by atoms with Crippen LogP contribution in [-0.2, 0) is 4.74 Å². The number of piperidine rings is 1. The molecule has 0 unspecified atom stereocenters. The van der Waals surface area contributed by atoms with Crippen LogP contribution in [0.25, 0.3) is 0 Å². The number of rotatable bonds is 5. The average Bonchev–Trinajstić information content (AvgIpc) is 2.71. The highest BCUT2D eigenvalue weighted by Gasteiger charge is 2.34. The van der Waals surface area contributed by atoms with E-state index in [2.05, 4.69) is 10.6 Å². The van der Waals surface area contributed by atoms with Crippen LogP contribution in [0, 0.1) is 10.1 Å². The number of nitro benzene ring substituents is 1. The minimum absolute atomic E-state index is 0. The van der Waals surface area contributed by atoms with E-state index in [1.807, 2.05) is 18.2 Å². The molecule has 7 nitrogen and oxygen atoms in total. The molecule has 0 aromatic heterocycles. The summed E-state index contributed by atoms with van der Waals surface area (Å²) in [6.45, 7) is 2.09. The summed E-state index contributed by atoms with van der Waals surface area (Å²) in [5.74, 6) is 0.831. The van der Waals surface area contributed by atoms with Gasteiger partial charge in [0.05, 0.1) is 28.5 Å². The molecular weight excluding hydrogens is 426 g/mol. The van der Waals surface area contributed by atoms with Crippen LogP contribution >= 0.6 is 24.2 Å². The molecule has 2 heterocycles. The van der Waals surface area contributed by atoms with Crippen molar-refractivity contribution in [3.05, 3.63) is 46.5 Å². The molecule has 2 aromatic carbocycles. The number of nitrogens with one attached hydrogen (secondary N) is 2. The van der Waals surface area contributed by atoms with Crippen molar-refractivity contribution in [2.24, 2.45) is 0 Å². The third kappa shape index (κ3) is 4.51. The Morgan fingerprint density at radius 1 is 0.967 bits per heavy atom. The number of non-ortho nitro benzene ring substituents is 1. The molecular formula is C21H24ClN3O4S. The van der Waals surface area contributed by atoms with Crippen molar-refractivity contribution in [2.45, 2.75) is 53.8 Å². The molecule has 30 heavy (non-hydrogen) atoms. The first-order valence-corrected chi connectivity index (χ1v) is 10.9. The quantitative estimate of drug-likeness (QED) is 0.423. The highest BCUT2D eigenvalue weighted by Crippen LogP contribution is 2.46. The van der Waals surface area contributed by atoms with Crippen LogP contribution in [0.3, 0.4) is 0 Å². The number of fused-ring (bicyclic) bond motifs is 2. The van der Waals surface area contributed by atoms with Gasteiger partial charge < -0.3 is 20.1 Å². The van der Waals surface area contributed by atoms with Crippen LogP contribution in [0.1, 0.15) is 25.7 Å². The molecule has 160 valence electrons. The molecule has 3 aliphatic rings. The topological polar surface area (TPSA) is 85.7 Å². The monoisotopic (exact) mass is 449 g/mol. The molecule has 0 atom stereocenters. The van der Waals surface area contributed by atoms with E-state index in [1.165, 1.54) is 17.8 Å². The third-order valence-electron chi connectivity index (χ3n) is 5.64. The van der Waals surface area contributed by atoms with E-state index in [0.717, 1.165) is 65.7 Å². The maximum absolute atomic E-state index is 11.0. The molecule has 1 saturated carbocycles. The Balaban J connectivity index is 0.00000218. The van der Waals surface area contributed by atoms with Crippen LogP contribution in [0.5, 0.6) is 5.75 Å². The van der Waals surface area contributed by atoms with E-state index in [0.29, 0.717) is 12.2 Å². The van der Waals surface area contributed by atoms with E-state index in [-0.39, 0.29) is 29.1 Å². The zero-order valence-corrected chi connectivity index (χ0v) is 18.0. The zero-order valence-electron chi connectivity index (χ0n) is 16.3. The smallest absolute Gasteiger partial charge is 0.270 e. The third-order valence-corrected chi connectivity index (χ3v) is 6.76. The summed E-state index contributed by atoms with van der Waals surface area (Å²) in [5.41, 5.74) is 1.98. The molecule has 2 aromatic rings. The maximum atomic E-state index is 11.0. The Kier molecular flexibility index (Phi) is 6.38. The Bertz CT molecular complexity index is 932. The molecule has 0 radical (unpaired) electrons. The largest absolute Gasteiger partial charge is 0.490 e. The maximum Gasteiger partial charge on any atom is 0.270 e. The molecule has 5 rings (SSSR count). The molecule has 0 bridgehead atoms. The van der Waals surface area contributed by atoms with Gasteiger partial charge in [0.25, 0.3) is 5.69 Å². The van der Waals surface area contributed by atoms with E-state index < -0.39 is 0 Å². The number of nitro groups is 1. The van der Waals surface area contributed by atoms with Gasteiger partial charge in [-0.3, -0.25) is 10.1 Å². The highest BCUT2D eigenvalue weighted by atomic mass is 35.5. The van der Waals surface area contributed by atoms with Gasteiger partial charge in [-0.15, -0.1) is 12.4 Å². The minimum atomic E-state index is -0.366. The van der Waals surface area contributed by atoms with Gasteiger partial charge in [0.2, 0.25) is 0 Å². The molecule has 1 saturated heterocycles. The standard InChI is InChI=1S/C21H23N3O4S.ClH/c25-24(26)13-1-3-18-20(9-13)29-21-12-15(2-4-19(21)23-18)28-17-10-16(11-17)27-14-5-7-22-8-6-14;/h1-4,9,12,14,16-17,22-23H,5-8,10-11H2;1H. The Morgan fingerprint density at radius 2 is 1.67 bits per heavy atom. The van der Waals surface area contributed by atoms with Crippen LogP contribution in [-0.4, -0.2) is 36.3 Å². The molecule has 2 fully saturated rings. The summed E-state index contributed by atoms with van der Waals surface area (Å²) in [5, 5.41) is 17.7. The molecule has 2 N–H and O–H groups in total. The second-order valence-electron chi connectivity index (χ2n) is 7.74. The zero-order chi connectivity index (χ0) is 19.8. The lowest BCUT2D eigenvalue weighted by molar-refractivity contribution is -0.385. The number of benzene rings is 2. The van der Waals surface area contributed by atoms with Crippen LogP contribution in [0.4, 0.5) is 17.1 Å². The molecule has 0 spiro atoms. The molecule has 0 amide bonds. The number of hydrogen-bond acceptors (Lipinski definition) is 7. The average molecular weight is 450 g/mol. The number of halogens is 1. The predicted octanol–water partition coefficient (Wildman–Crippen LogP) is 4.90. The van der Waals surface area contributed by atoms with Crippen molar-refractivity contribution in [2.75, 3.05) is 18.4 Å². The van der Waals surface area contributed by atoms with Gasteiger partial charge in [-0.25, -0.2) is 0 Å². The fourth-order valence-corrected chi connectivity index (χ4v) is 5.01. The summed E-state index contributed by atoms with van der Waals surface area (Å²) >= 11 is 1.53. The first kappa shape index (κ1) is 21.2. The molecule has 9 heteroatoms. The first-order valence-electron chi connectivity index (χ1n) is 10.0. The lowest BCUT2D eigenvalue weighted by Gasteiger charge is -2.38. The van der Waals surface area contributed by atoms with E-state index in [1.54, 1.807) is 12.1 Å². The van der Waals surface area contributed by atoms with Crippen molar-refractivity contribution in [3.63, 3.8) is 0 Å². The van der Waals surface area contributed by atoms with Gasteiger partial charge in [0.15, 0.2) is 0 Å². The van der Waals surface area contributed by atoms with E-state index >= 15 is 0 Å². The predicted molar refractivity (Wildman–Crippen MR) is 119 cm³/mol. The van der Waals surface area contributed by atoms with Gasteiger partial charge in [0, 0.05) is 34.8 Å². The summed E-state index contributed by atoms with van der Waals surface area (Å²) in [6, 6.07) is 10.9. The van der Waals surface area contributed by atoms with Crippen LogP contribution in [0.2, 0.25) is 0 Å². The number of ether oxygens (including phenoxy) is 2. The number of hydrogen-bond donors (Lipinski definition) is 2.